The quantitative estimate of drug-likeness (QED) is 0.763. The Hall–Kier alpha value is -2.18. The number of rotatable bonds is 5. The summed E-state index contributed by atoms with van der Waals surface area (Å²) in [6.07, 6.45) is 9.48. The molecule has 2 unspecified atom stereocenters. The highest BCUT2D eigenvalue weighted by atomic mass is 32.2. The summed E-state index contributed by atoms with van der Waals surface area (Å²) in [5.41, 5.74) is 5.10. The molecule has 3 heterocycles. The Bertz CT molecular complexity index is 907. The number of nitrogen functional groups attached to an aromatic ring is 1. The second-order valence-corrected chi connectivity index (χ2v) is 6.62. The van der Waals surface area contributed by atoms with Gasteiger partial charge in [-0.25, -0.2) is 9.36 Å². The molecule has 2 aromatic heterocycles. The summed E-state index contributed by atoms with van der Waals surface area (Å²) in [4.78, 5) is 31.5. The van der Waals surface area contributed by atoms with E-state index in [1.165, 1.54) is 9.13 Å². The van der Waals surface area contributed by atoms with Gasteiger partial charge in [0.1, 0.15) is 6.23 Å². The summed E-state index contributed by atoms with van der Waals surface area (Å²) >= 11 is 1.76. The van der Waals surface area contributed by atoms with Gasteiger partial charge in [-0.15, -0.1) is 6.42 Å². The average molecular weight is 349 g/mol. The van der Waals surface area contributed by atoms with E-state index in [0.717, 1.165) is 18.6 Å². The van der Waals surface area contributed by atoms with Crippen molar-refractivity contribution in [3.63, 3.8) is 0 Å². The van der Waals surface area contributed by atoms with Crippen LogP contribution in [0.2, 0.25) is 0 Å². The molecular formula is C15H19N5O3S. The van der Waals surface area contributed by atoms with Crippen molar-refractivity contribution in [2.45, 2.75) is 38.1 Å². The van der Waals surface area contributed by atoms with Gasteiger partial charge in [0.2, 0.25) is 5.95 Å². The monoisotopic (exact) mass is 349 g/mol. The largest absolute Gasteiger partial charge is 0.369 e. The minimum absolute atomic E-state index is 0.0143. The number of hydrogen-bond acceptors (Lipinski definition) is 6. The molecule has 0 radical (unpaired) electrons. The van der Waals surface area contributed by atoms with Gasteiger partial charge in [-0.1, -0.05) is 5.92 Å². The predicted octanol–water partition coefficient (Wildman–Crippen LogP) is 0.532. The van der Waals surface area contributed by atoms with Crippen LogP contribution in [-0.4, -0.2) is 37.2 Å². The van der Waals surface area contributed by atoms with Crippen molar-refractivity contribution >= 4 is 28.9 Å². The van der Waals surface area contributed by atoms with Crippen LogP contribution in [-0.2, 0) is 11.3 Å². The maximum Gasteiger partial charge on any atom is 0.333 e. The Morgan fingerprint density at radius 1 is 1.50 bits per heavy atom. The molecule has 0 saturated carbocycles. The predicted molar refractivity (Wildman–Crippen MR) is 94.0 cm³/mol. The Morgan fingerprint density at radius 3 is 3.00 bits per heavy atom. The van der Waals surface area contributed by atoms with Crippen molar-refractivity contribution in [1.29, 1.82) is 0 Å². The van der Waals surface area contributed by atoms with Gasteiger partial charge in [0.15, 0.2) is 11.2 Å². The van der Waals surface area contributed by atoms with Crippen LogP contribution in [0.1, 0.15) is 25.5 Å². The zero-order valence-electron chi connectivity index (χ0n) is 13.3. The molecule has 1 fully saturated rings. The normalized spacial score (nSPS) is 20.5. The van der Waals surface area contributed by atoms with Gasteiger partial charge in [-0.3, -0.25) is 14.3 Å². The first-order valence-electron chi connectivity index (χ1n) is 7.65. The molecule has 0 spiro atoms. The van der Waals surface area contributed by atoms with E-state index in [0.29, 0.717) is 6.42 Å². The van der Waals surface area contributed by atoms with E-state index in [4.69, 9.17) is 16.9 Å². The lowest BCUT2D eigenvalue weighted by Gasteiger charge is -2.14. The van der Waals surface area contributed by atoms with Crippen LogP contribution in [0, 0.1) is 12.3 Å². The summed E-state index contributed by atoms with van der Waals surface area (Å²) < 4.78 is 8.64. The molecular weight excluding hydrogens is 330 g/mol. The van der Waals surface area contributed by atoms with Crippen LogP contribution in [0.25, 0.3) is 11.2 Å². The molecule has 0 aromatic carbocycles. The molecule has 128 valence electrons. The van der Waals surface area contributed by atoms with E-state index in [9.17, 15) is 9.59 Å². The number of hydrogen-bond donors (Lipinski definition) is 2. The number of anilines is 1. The second kappa shape index (κ2) is 6.75. The number of aromatic amines is 1. The number of H-pyrrole nitrogens is 1. The van der Waals surface area contributed by atoms with Crippen LogP contribution in [0.4, 0.5) is 5.95 Å². The first-order valence-corrected chi connectivity index (χ1v) is 9.04. The maximum absolute atomic E-state index is 12.8. The van der Waals surface area contributed by atoms with Crippen molar-refractivity contribution in [1.82, 2.24) is 19.1 Å². The fraction of sp³-hybridized carbons (Fsp3) is 0.533. The summed E-state index contributed by atoms with van der Waals surface area (Å²) in [6, 6.07) is 0. The number of imidazole rings is 1. The van der Waals surface area contributed by atoms with E-state index < -0.39 is 17.5 Å². The fourth-order valence-electron chi connectivity index (χ4n) is 3.04. The van der Waals surface area contributed by atoms with Crippen molar-refractivity contribution < 1.29 is 4.74 Å². The zero-order valence-corrected chi connectivity index (χ0v) is 14.1. The minimum Gasteiger partial charge on any atom is -0.369 e. The number of fused-ring (bicyclic) bond motifs is 1. The van der Waals surface area contributed by atoms with Gasteiger partial charge in [-0.05, 0) is 31.3 Å². The summed E-state index contributed by atoms with van der Waals surface area (Å²) in [5.74, 6) is 3.34. The lowest BCUT2D eigenvalue weighted by molar-refractivity contribution is 0.00131. The van der Waals surface area contributed by atoms with E-state index in [1.54, 1.807) is 11.8 Å². The van der Waals surface area contributed by atoms with E-state index in [1.807, 2.05) is 6.26 Å². The number of nitrogens with one attached hydrogen (secondary N) is 1. The molecule has 0 amide bonds. The molecule has 3 N–H and O–H groups in total. The van der Waals surface area contributed by atoms with Gasteiger partial charge >= 0.3 is 5.69 Å². The standard InChI is InChI=1S/C15H19N5O3S/c1-3-7-19-11-12(17-14(16)18-13(11)21)20(15(19)22)10-5-4-9(23-10)6-8-24-2/h1,9-10H,4-8H2,2H3,(H3,16,17,18,21). The van der Waals surface area contributed by atoms with Crippen LogP contribution in [0.15, 0.2) is 9.59 Å². The zero-order chi connectivity index (χ0) is 17.3. The second-order valence-electron chi connectivity index (χ2n) is 5.64. The van der Waals surface area contributed by atoms with Crippen LogP contribution < -0.4 is 17.0 Å². The van der Waals surface area contributed by atoms with Gasteiger partial charge < -0.3 is 10.5 Å². The SMILES string of the molecule is C#CCn1c(=O)n(C2CCC(CCSC)O2)c2nc(N)[nH]c(=O)c21. The highest BCUT2D eigenvalue weighted by Crippen LogP contribution is 2.31. The first-order chi connectivity index (χ1) is 11.6. The highest BCUT2D eigenvalue weighted by Gasteiger charge is 2.31. The molecule has 1 saturated heterocycles. The molecule has 0 bridgehead atoms. The summed E-state index contributed by atoms with van der Waals surface area (Å²) in [6.45, 7) is -0.0143. The number of thioether (sulfide) groups is 1. The number of nitrogens with zero attached hydrogens (tertiary/aromatic N) is 3. The van der Waals surface area contributed by atoms with Crippen LogP contribution >= 0.6 is 11.8 Å². The molecule has 24 heavy (non-hydrogen) atoms. The Labute approximate surface area is 142 Å². The van der Waals surface area contributed by atoms with Crippen molar-refractivity contribution in [3.8, 4) is 12.3 Å². The maximum atomic E-state index is 12.8. The number of terminal acetylenes is 1. The van der Waals surface area contributed by atoms with Crippen LogP contribution in [0.3, 0.4) is 0 Å². The molecule has 0 aliphatic carbocycles. The van der Waals surface area contributed by atoms with Crippen molar-refractivity contribution in [3.05, 3.63) is 20.8 Å². The minimum atomic E-state index is -0.486. The van der Waals surface area contributed by atoms with Gasteiger partial charge in [0.25, 0.3) is 5.56 Å². The van der Waals surface area contributed by atoms with Crippen molar-refractivity contribution in [2.75, 3.05) is 17.7 Å². The van der Waals surface area contributed by atoms with E-state index in [-0.39, 0.29) is 29.8 Å². The molecule has 8 nitrogen and oxygen atoms in total. The Kier molecular flexibility index (Phi) is 4.69. The number of aromatic nitrogens is 4. The van der Waals surface area contributed by atoms with E-state index >= 15 is 0 Å². The number of ether oxygens (including phenoxy) is 1. The van der Waals surface area contributed by atoms with Crippen molar-refractivity contribution in [2.24, 2.45) is 0 Å². The third-order valence-electron chi connectivity index (χ3n) is 4.10. The smallest absolute Gasteiger partial charge is 0.333 e. The molecule has 9 heteroatoms. The molecule has 2 aromatic rings. The van der Waals surface area contributed by atoms with Crippen LogP contribution in [0.5, 0.6) is 0 Å². The lowest BCUT2D eigenvalue weighted by atomic mass is 10.2. The first kappa shape index (κ1) is 16.7. The lowest BCUT2D eigenvalue weighted by Crippen LogP contribution is -2.28. The summed E-state index contributed by atoms with van der Waals surface area (Å²) in [7, 11) is 0. The van der Waals surface area contributed by atoms with Gasteiger partial charge in [0.05, 0.1) is 12.6 Å². The topological polar surface area (TPSA) is 108 Å². The Morgan fingerprint density at radius 2 is 2.29 bits per heavy atom. The van der Waals surface area contributed by atoms with E-state index in [2.05, 4.69) is 15.9 Å². The average Bonchev–Trinajstić information content (AvgIpc) is 3.09. The third-order valence-corrected chi connectivity index (χ3v) is 4.74. The molecule has 3 rings (SSSR count). The number of nitrogens with two attached hydrogens (primary N) is 1. The third kappa shape index (κ3) is 2.83. The highest BCUT2D eigenvalue weighted by molar-refractivity contribution is 7.98. The molecule has 1 aliphatic rings. The molecule has 1 aliphatic heterocycles. The van der Waals surface area contributed by atoms with Gasteiger partial charge in [0, 0.05) is 0 Å². The molecule has 2 atom stereocenters. The summed E-state index contributed by atoms with van der Waals surface area (Å²) in [5, 5.41) is 0. The fourth-order valence-corrected chi connectivity index (χ4v) is 3.53. The Balaban J connectivity index is 2.09. The van der Waals surface area contributed by atoms with Gasteiger partial charge in [-0.2, -0.15) is 16.7 Å².